The fourth-order valence-corrected chi connectivity index (χ4v) is 4.30. The van der Waals surface area contributed by atoms with Crippen LogP contribution >= 0.6 is 0 Å². The Balaban J connectivity index is 1.94. The molecule has 0 radical (unpaired) electrons. The molecule has 5 nitrogen and oxygen atoms in total. The van der Waals surface area contributed by atoms with E-state index in [-0.39, 0.29) is 5.75 Å². The van der Waals surface area contributed by atoms with Gasteiger partial charge in [0.05, 0.1) is 10.5 Å². The van der Waals surface area contributed by atoms with E-state index in [2.05, 4.69) is 27.4 Å². The fraction of sp³-hybridized carbons (Fsp3) is 0.800. The standard InChI is InChI=1S/C15H27N3O2S/c1-15(2)12-18(9-10-21(15,19)20)14(16-3)17-11-13-7-5-4-6-8-13/h4-5,13H,6-12H2,1-3H3,(H,16,17). The first-order chi connectivity index (χ1) is 9.86. The van der Waals surface area contributed by atoms with E-state index in [4.69, 9.17) is 0 Å². The lowest BCUT2D eigenvalue weighted by Gasteiger charge is -2.39. The summed E-state index contributed by atoms with van der Waals surface area (Å²) in [4.78, 5) is 6.40. The Kier molecular flexibility index (Phi) is 4.96. The highest BCUT2D eigenvalue weighted by atomic mass is 32.2. The summed E-state index contributed by atoms with van der Waals surface area (Å²) < 4.78 is 23.4. The lowest BCUT2D eigenvalue weighted by atomic mass is 9.94. The van der Waals surface area contributed by atoms with E-state index in [1.54, 1.807) is 20.9 Å². The number of nitrogens with one attached hydrogen (secondary N) is 1. The lowest BCUT2D eigenvalue weighted by Crippen LogP contribution is -2.57. The quantitative estimate of drug-likeness (QED) is 0.476. The van der Waals surface area contributed by atoms with Crippen molar-refractivity contribution in [2.75, 3.05) is 32.4 Å². The van der Waals surface area contributed by atoms with E-state index in [0.29, 0.717) is 19.0 Å². The molecule has 120 valence electrons. The molecule has 0 saturated carbocycles. The van der Waals surface area contributed by atoms with Crippen LogP contribution in [-0.4, -0.2) is 56.5 Å². The highest BCUT2D eigenvalue weighted by Crippen LogP contribution is 2.24. The van der Waals surface area contributed by atoms with Crippen molar-refractivity contribution < 1.29 is 8.42 Å². The second-order valence-electron chi connectivity index (χ2n) is 6.58. The zero-order chi connectivity index (χ0) is 15.5. The van der Waals surface area contributed by atoms with Crippen LogP contribution in [0.4, 0.5) is 0 Å². The topological polar surface area (TPSA) is 61.8 Å². The van der Waals surface area contributed by atoms with Gasteiger partial charge in [0.15, 0.2) is 15.8 Å². The number of hydrogen-bond acceptors (Lipinski definition) is 3. The van der Waals surface area contributed by atoms with Crippen LogP contribution in [0.5, 0.6) is 0 Å². The molecule has 1 aliphatic heterocycles. The molecule has 6 heteroatoms. The average molecular weight is 313 g/mol. The highest BCUT2D eigenvalue weighted by Gasteiger charge is 2.40. The van der Waals surface area contributed by atoms with Crippen molar-refractivity contribution in [1.29, 1.82) is 0 Å². The van der Waals surface area contributed by atoms with Gasteiger partial charge in [-0.05, 0) is 39.0 Å². The van der Waals surface area contributed by atoms with Crippen LogP contribution in [-0.2, 0) is 9.84 Å². The van der Waals surface area contributed by atoms with Crippen molar-refractivity contribution in [2.45, 2.75) is 37.9 Å². The van der Waals surface area contributed by atoms with E-state index < -0.39 is 14.6 Å². The van der Waals surface area contributed by atoms with Gasteiger partial charge in [0.25, 0.3) is 0 Å². The van der Waals surface area contributed by atoms with Gasteiger partial charge in [-0.25, -0.2) is 8.42 Å². The van der Waals surface area contributed by atoms with Crippen LogP contribution in [0, 0.1) is 5.92 Å². The van der Waals surface area contributed by atoms with Crippen molar-refractivity contribution in [3.05, 3.63) is 12.2 Å². The maximum atomic E-state index is 12.1. The molecule has 0 aromatic carbocycles. The van der Waals surface area contributed by atoms with Gasteiger partial charge in [-0.15, -0.1) is 0 Å². The zero-order valence-corrected chi connectivity index (χ0v) is 14.1. The molecule has 0 bridgehead atoms. The molecule has 1 unspecified atom stereocenters. The minimum absolute atomic E-state index is 0.201. The molecule has 2 aliphatic rings. The second-order valence-corrected chi connectivity index (χ2v) is 9.32. The summed E-state index contributed by atoms with van der Waals surface area (Å²) in [5.74, 6) is 1.67. The Hall–Kier alpha value is -1.04. The molecule has 1 N–H and O–H groups in total. The third-order valence-electron chi connectivity index (χ3n) is 4.48. The second kappa shape index (κ2) is 6.38. The predicted octanol–water partition coefficient (Wildman–Crippen LogP) is 1.43. The van der Waals surface area contributed by atoms with Gasteiger partial charge in [0.1, 0.15) is 0 Å². The first-order valence-electron chi connectivity index (χ1n) is 7.68. The van der Waals surface area contributed by atoms with Gasteiger partial charge >= 0.3 is 0 Å². The monoisotopic (exact) mass is 313 g/mol. The molecule has 0 amide bonds. The zero-order valence-electron chi connectivity index (χ0n) is 13.3. The van der Waals surface area contributed by atoms with Crippen LogP contribution in [0.2, 0.25) is 0 Å². The Morgan fingerprint density at radius 3 is 2.76 bits per heavy atom. The van der Waals surface area contributed by atoms with E-state index >= 15 is 0 Å². The fourth-order valence-electron chi connectivity index (χ4n) is 2.93. The largest absolute Gasteiger partial charge is 0.356 e. The van der Waals surface area contributed by atoms with Crippen LogP contribution in [0.1, 0.15) is 33.1 Å². The van der Waals surface area contributed by atoms with Crippen molar-refractivity contribution in [1.82, 2.24) is 10.2 Å². The minimum Gasteiger partial charge on any atom is -0.356 e. The van der Waals surface area contributed by atoms with Crippen LogP contribution < -0.4 is 5.32 Å². The lowest BCUT2D eigenvalue weighted by molar-refractivity contribution is 0.348. The minimum atomic E-state index is -3.00. The van der Waals surface area contributed by atoms with Crippen LogP contribution in [0.15, 0.2) is 17.1 Å². The van der Waals surface area contributed by atoms with Gasteiger partial charge in [-0.3, -0.25) is 4.99 Å². The van der Waals surface area contributed by atoms with E-state index in [1.165, 1.54) is 6.42 Å². The molecule has 1 heterocycles. The molecule has 1 aliphatic carbocycles. The SMILES string of the molecule is CN=C(NCC1CC=CCC1)N1CCS(=O)(=O)C(C)(C)C1. The molecule has 0 aromatic rings. The smallest absolute Gasteiger partial charge is 0.193 e. The predicted molar refractivity (Wildman–Crippen MR) is 87.3 cm³/mol. The molecule has 1 atom stereocenters. The molecule has 1 saturated heterocycles. The summed E-state index contributed by atoms with van der Waals surface area (Å²) in [7, 11) is -1.24. The van der Waals surface area contributed by atoms with Crippen molar-refractivity contribution in [3.63, 3.8) is 0 Å². The van der Waals surface area contributed by atoms with E-state index in [9.17, 15) is 8.42 Å². The summed E-state index contributed by atoms with van der Waals surface area (Å²) in [6, 6.07) is 0. The van der Waals surface area contributed by atoms with Crippen molar-refractivity contribution in [2.24, 2.45) is 10.9 Å². The Morgan fingerprint density at radius 1 is 1.43 bits per heavy atom. The number of guanidine groups is 1. The molecule has 2 rings (SSSR count). The third-order valence-corrected chi connectivity index (χ3v) is 7.01. The summed E-state index contributed by atoms with van der Waals surface area (Å²) in [6.07, 6.45) is 7.96. The summed E-state index contributed by atoms with van der Waals surface area (Å²) in [6.45, 7) is 5.53. The first-order valence-corrected chi connectivity index (χ1v) is 9.34. The van der Waals surface area contributed by atoms with Gasteiger partial charge < -0.3 is 10.2 Å². The van der Waals surface area contributed by atoms with Crippen LogP contribution in [0.3, 0.4) is 0 Å². The number of allylic oxidation sites excluding steroid dienone is 2. The first kappa shape index (κ1) is 16.3. The number of aliphatic imine (C=N–C) groups is 1. The summed E-state index contributed by atoms with van der Waals surface area (Å²) in [5.41, 5.74) is 0. The summed E-state index contributed by atoms with van der Waals surface area (Å²) >= 11 is 0. The van der Waals surface area contributed by atoms with Gasteiger partial charge in [0, 0.05) is 26.7 Å². The normalized spacial score (nSPS) is 28.4. The van der Waals surface area contributed by atoms with Crippen molar-refractivity contribution in [3.8, 4) is 0 Å². The maximum Gasteiger partial charge on any atom is 0.193 e. The Morgan fingerprint density at radius 2 is 2.19 bits per heavy atom. The number of rotatable bonds is 2. The molecular weight excluding hydrogens is 286 g/mol. The number of hydrogen-bond donors (Lipinski definition) is 1. The van der Waals surface area contributed by atoms with Gasteiger partial charge in [0.2, 0.25) is 0 Å². The van der Waals surface area contributed by atoms with Crippen LogP contribution in [0.25, 0.3) is 0 Å². The number of nitrogens with zero attached hydrogens (tertiary/aromatic N) is 2. The molecule has 1 fully saturated rings. The maximum absolute atomic E-state index is 12.1. The van der Waals surface area contributed by atoms with Gasteiger partial charge in [-0.2, -0.15) is 0 Å². The molecular formula is C15H27N3O2S. The van der Waals surface area contributed by atoms with E-state index in [0.717, 1.165) is 25.3 Å². The molecule has 21 heavy (non-hydrogen) atoms. The molecule has 0 spiro atoms. The Bertz CT molecular complexity index is 523. The van der Waals surface area contributed by atoms with E-state index in [1.807, 2.05) is 0 Å². The molecule has 0 aromatic heterocycles. The third kappa shape index (κ3) is 3.78. The van der Waals surface area contributed by atoms with Crippen molar-refractivity contribution >= 4 is 15.8 Å². The van der Waals surface area contributed by atoms with Gasteiger partial charge in [-0.1, -0.05) is 12.2 Å². The summed E-state index contributed by atoms with van der Waals surface area (Å²) in [5, 5.41) is 3.42. The number of sulfone groups is 1. The Labute approximate surface area is 128 Å². The highest BCUT2D eigenvalue weighted by molar-refractivity contribution is 7.92. The average Bonchev–Trinajstić information content (AvgIpc) is 2.44.